The molecule has 12 heteroatoms. The van der Waals surface area contributed by atoms with Gasteiger partial charge in [0.2, 0.25) is 0 Å². The number of H-pyrrole nitrogens is 1. The van der Waals surface area contributed by atoms with Crippen molar-refractivity contribution in [3.8, 4) is 5.75 Å². The summed E-state index contributed by atoms with van der Waals surface area (Å²) in [7, 11) is -8.77. The van der Waals surface area contributed by atoms with E-state index in [-0.39, 0.29) is 23.2 Å². The average molecular weight is 541 g/mol. The Labute approximate surface area is 207 Å². The first-order valence-electron chi connectivity index (χ1n) is 10.5. The van der Waals surface area contributed by atoms with Crippen LogP contribution in [0.2, 0.25) is 0 Å². The molecule has 192 valence electrons. The number of nitrogens with zero attached hydrogens (tertiary/aromatic N) is 1. The third kappa shape index (κ3) is 6.85. The van der Waals surface area contributed by atoms with Gasteiger partial charge in [0.25, 0.3) is 9.84 Å². The van der Waals surface area contributed by atoms with E-state index in [1.54, 1.807) is 49.1 Å². The number of imidazole rings is 1. The fourth-order valence-electron chi connectivity index (χ4n) is 3.28. The van der Waals surface area contributed by atoms with Crippen molar-refractivity contribution >= 4 is 25.2 Å². The summed E-state index contributed by atoms with van der Waals surface area (Å²) < 4.78 is 90.1. The van der Waals surface area contributed by atoms with Crippen LogP contribution in [-0.2, 0) is 19.7 Å². The second-order valence-corrected chi connectivity index (χ2v) is 11.7. The van der Waals surface area contributed by atoms with Gasteiger partial charge in [-0.1, -0.05) is 36.4 Å². The number of allylic oxidation sites excluding steroid dienone is 3. The van der Waals surface area contributed by atoms with Gasteiger partial charge in [-0.05, 0) is 47.9 Å². The number of benzene rings is 2. The van der Waals surface area contributed by atoms with E-state index in [1.807, 2.05) is 12.2 Å². The lowest BCUT2D eigenvalue weighted by Crippen LogP contribution is -2.23. The molecule has 0 spiro atoms. The van der Waals surface area contributed by atoms with E-state index in [1.165, 1.54) is 12.1 Å². The third-order valence-corrected chi connectivity index (χ3v) is 7.75. The number of sulfone groups is 2. The Hall–Kier alpha value is -3.38. The summed E-state index contributed by atoms with van der Waals surface area (Å²) in [6, 6.07) is 10.8. The van der Waals surface area contributed by atoms with E-state index in [0.717, 1.165) is 24.0 Å². The van der Waals surface area contributed by atoms with E-state index >= 15 is 0 Å². The van der Waals surface area contributed by atoms with Crippen LogP contribution in [0.25, 0.3) is 5.57 Å². The molecule has 1 atom stereocenters. The number of aromatic amines is 1. The number of nitrogens with one attached hydrogen (secondary N) is 1. The molecule has 0 radical (unpaired) electrons. The van der Waals surface area contributed by atoms with Crippen LogP contribution in [0.1, 0.15) is 12.0 Å². The van der Waals surface area contributed by atoms with Gasteiger partial charge in [-0.15, -0.1) is 0 Å². The molecule has 0 saturated heterocycles. The van der Waals surface area contributed by atoms with Crippen LogP contribution in [0.15, 0.2) is 95.3 Å². The molecule has 1 unspecified atom stereocenters. The van der Waals surface area contributed by atoms with Crippen LogP contribution in [-0.4, -0.2) is 45.2 Å². The van der Waals surface area contributed by atoms with Crippen LogP contribution in [0.5, 0.6) is 5.75 Å². The first-order chi connectivity index (χ1) is 16.9. The van der Waals surface area contributed by atoms with Gasteiger partial charge >= 0.3 is 5.51 Å². The van der Waals surface area contributed by atoms with Gasteiger partial charge < -0.3 is 9.72 Å². The molecule has 0 amide bonds. The molecule has 4 rings (SSSR count). The number of aromatic nitrogens is 2. The first kappa shape index (κ1) is 27.2. The smallest absolute Gasteiger partial charge is 0.493 e. The SMILES string of the molecule is CS(=O)(=O)c1ccccc1C1=CCC(COc2ccc(S(=O)(=O)C(F)(F)F)cc2)C=C1.c1c[nH]cn1. The number of alkyl halides is 3. The maximum Gasteiger partial charge on any atom is 0.501 e. The van der Waals surface area contributed by atoms with Crippen LogP contribution in [0.4, 0.5) is 13.2 Å². The fraction of sp³-hybridized carbons (Fsp3) is 0.208. The van der Waals surface area contributed by atoms with Gasteiger partial charge in [-0.2, -0.15) is 13.2 Å². The summed E-state index contributed by atoms with van der Waals surface area (Å²) in [4.78, 5) is 5.82. The van der Waals surface area contributed by atoms with Crippen molar-refractivity contribution in [3.63, 3.8) is 0 Å². The standard InChI is InChI=1S/C21H19F3O5S2.C3H4N2/c1-30(25,26)20-5-3-2-4-19(20)16-8-6-15(7-9-16)14-29-17-10-12-18(13-11-17)31(27,28)21(22,23)24;1-2-5-3-4-1/h2-6,8-13,15H,7,14H2,1H3;1-3H,(H,4,5). The zero-order valence-electron chi connectivity index (χ0n) is 19.0. The summed E-state index contributed by atoms with van der Waals surface area (Å²) >= 11 is 0. The van der Waals surface area contributed by atoms with Gasteiger partial charge in [-0.25, -0.2) is 21.8 Å². The maximum absolute atomic E-state index is 12.6. The highest BCUT2D eigenvalue weighted by atomic mass is 32.2. The minimum Gasteiger partial charge on any atom is -0.493 e. The van der Waals surface area contributed by atoms with Gasteiger partial charge in [-0.3, -0.25) is 0 Å². The van der Waals surface area contributed by atoms with Gasteiger partial charge in [0, 0.05) is 24.6 Å². The summed E-state index contributed by atoms with van der Waals surface area (Å²) in [5.41, 5.74) is -3.97. The molecular weight excluding hydrogens is 517 g/mol. The minimum atomic E-state index is -5.39. The average Bonchev–Trinajstić information content (AvgIpc) is 3.43. The molecule has 1 aromatic heterocycles. The molecule has 2 aromatic carbocycles. The van der Waals surface area contributed by atoms with Crippen molar-refractivity contribution in [2.75, 3.05) is 12.9 Å². The molecule has 1 aliphatic rings. The van der Waals surface area contributed by atoms with E-state index in [0.29, 0.717) is 12.0 Å². The Balaban J connectivity index is 0.000000642. The molecule has 0 saturated carbocycles. The normalized spacial score (nSPS) is 16.0. The summed E-state index contributed by atoms with van der Waals surface area (Å²) in [5.74, 6) is 0.208. The molecule has 3 aromatic rings. The largest absolute Gasteiger partial charge is 0.501 e. The predicted molar refractivity (Wildman–Crippen MR) is 129 cm³/mol. The molecule has 1 aliphatic carbocycles. The number of rotatable bonds is 6. The lowest BCUT2D eigenvalue weighted by atomic mass is 9.93. The Morgan fingerprint density at radius 3 is 2.25 bits per heavy atom. The van der Waals surface area contributed by atoms with Crippen molar-refractivity contribution < 1.29 is 34.7 Å². The van der Waals surface area contributed by atoms with E-state index in [4.69, 9.17) is 4.74 Å². The maximum atomic E-state index is 12.6. The Kier molecular flexibility index (Phi) is 8.41. The van der Waals surface area contributed by atoms with Crippen molar-refractivity contribution in [3.05, 3.63) is 91.0 Å². The summed E-state index contributed by atoms with van der Waals surface area (Å²) in [6.45, 7) is 0.222. The minimum absolute atomic E-state index is 0.0345. The quantitative estimate of drug-likeness (QED) is 0.480. The highest BCUT2D eigenvalue weighted by Gasteiger charge is 2.46. The molecule has 7 nitrogen and oxygen atoms in total. The highest BCUT2D eigenvalue weighted by Crippen LogP contribution is 2.32. The Bertz CT molecular complexity index is 1410. The summed E-state index contributed by atoms with van der Waals surface area (Å²) in [5, 5.41) is 0. The summed E-state index contributed by atoms with van der Waals surface area (Å²) in [6.07, 6.45) is 12.4. The Morgan fingerprint density at radius 2 is 1.75 bits per heavy atom. The van der Waals surface area contributed by atoms with Crippen LogP contribution < -0.4 is 4.74 Å². The van der Waals surface area contributed by atoms with Crippen LogP contribution in [0.3, 0.4) is 0 Å². The van der Waals surface area contributed by atoms with Crippen molar-refractivity contribution in [1.82, 2.24) is 9.97 Å². The topological polar surface area (TPSA) is 106 Å². The highest BCUT2D eigenvalue weighted by molar-refractivity contribution is 7.92. The number of hydrogen-bond acceptors (Lipinski definition) is 6. The number of halogens is 3. The lowest BCUT2D eigenvalue weighted by molar-refractivity contribution is -0.0436. The molecule has 36 heavy (non-hydrogen) atoms. The molecule has 0 aliphatic heterocycles. The first-order valence-corrected chi connectivity index (χ1v) is 13.9. The Morgan fingerprint density at radius 1 is 1.06 bits per heavy atom. The van der Waals surface area contributed by atoms with Crippen LogP contribution >= 0.6 is 0 Å². The number of hydrogen-bond donors (Lipinski definition) is 1. The molecule has 0 bridgehead atoms. The van der Waals surface area contributed by atoms with Crippen molar-refractivity contribution in [2.24, 2.45) is 5.92 Å². The van der Waals surface area contributed by atoms with Gasteiger partial charge in [0.05, 0.1) is 22.7 Å². The third-order valence-electron chi connectivity index (χ3n) is 5.09. The van der Waals surface area contributed by atoms with Gasteiger partial charge in [0.15, 0.2) is 9.84 Å². The second kappa shape index (κ2) is 11.1. The van der Waals surface area contributed by atoms with E-state index in [9.17, 15) is 30.0 Å². The van der Waals surface area contributed by atoms with E-state index in [2.05, 4.69) is 9.97 Å². The van der Waals surface area contributed by atoms with Crippen molar-refractivity contribution in [1.29, 1.82) is 0 Å². The lowest BCUT2D eigenvalue weighted by Gasteiger charge is -2.18. The molecule has 1 N–H and O–H groups in total. The fourth-order valence-corrected chi connectivity index (χ4v) is 4.96. The monoisotopic (exact) mass is 540 g/mol. The zero-order chi connectivity index (χ0) is 26.4. The van der Waals surface area contributed by atoms with Crippen LogP contribution in [0, 0.1) is 5.92 Å². The molecule has 0 fully saturated rings. The van der Waals surface area contributed by atoms with E-state index < -0.39 is 30.1 Å². The van der Waals surface area contributed by atoms with Crippen molar-refractivity contribution in [2.45, 2.75) is 21.7 Å². The molecular formula is C24H23F3N2O5S2. The zero-order valence-corrected chi connectivity index (χ0v) is 20.6. The predicted octanol–water partition coefficient (Wildman–Crippen LogP) is 4.83. The van der Waals surface area contributed by atoms with Gasteiger partial charge in [0.1, 0.15) is 5.75 Å². The second-order valence-electron chi connectivity index (χ2n) is 7.77. The molecule has 1 heterocycles. The number of ether oxygens (including phenoxy) is 1.